The molecule has 0 spiro atoms. The maximum absolute atomic E-state index is 13.4. The molecule has 0 saturated heterocycles. The zero-order valence-corrected chi connectivity index (χ0v) is 18.9. The predicted octanol–water partition coefficient (Wildman–Crippen LogP) is 5.35. The number of benzene rings is 2. The van der Waals surface area contributed by atoms with Crippen molar-refractivity contribution >= 4 is 11.5 Å². The van der Waals surface area contributed by atoms with E-state index in [1.807, 2.05) is 42.5 Å². The van der Waals surface area contributed by atoms with Crippen molar-refractivity contribution in [2.45, 2.75) is 64.4 Å². The van der Waals surface area contributed by atoms with Gasteiger partial charge in [0.1, 0.15) is 17.6 Å². The summed E-state index contributed by atoms with van der Waals surface area (Å²) in [6.07, 6.45) is 6.19. The zero-order chi connectivity index (χ0) is 22.1. The quantitative estimate of drug-likeness (QED) is 0.258. The third-order valence-electron chi connectivity index (χ3n) is 5.76. The van der Waals surface area contributed by atoms with Crippen LogP contribution >= 0.6 is 0 Å². The third-order valence-corrected chi connectivity index (χ3v) is 5.76. The molecule has 2 unspecified atom stereocenters. The van der Waals surface area contributed by atoms with Crippen molar-refractivity contribution in [3.05, 3.63) is 53.6 Å². The fraction of sp³-hybridized carbons (Fsp3) is 0.500. The highest BCUT2D eigenvalue weighted by molar-refractivity contribution is 6.02. The van der Waals surface area contributed by atoms with Crippen molar-refractivity contribution in [3.8, 4) is 11.5 Å². The Kier molecular flexibility index (Phi) is 8.77. The lowest BCUT2D eigenvalue weighted by Gasteiger charge is -2.18. The number of carbonyl (C=O) groups excluding carboxylic acids is 1. The number of hydrogen-bond acceptors (Lipinski definition) is 5. The Morgan fingerprint density at radius 2 is 1.77 bits per heavy atom. The van der Waals surface area contributed by atoms with Crippen LogP contribution in [-0.2, 0) is 0 Å². The van der Waals surface area contributed by atoms with E-state index in [4.69, 9.17) is 15.2 Å². The molecule has 1 heterocycles. The van der Waals surface area contributed by atoms with Gasteiger partial charge in [-0.3, -0.25) is 4.79 Å². The number of anilines is 1. The average Bonchev–Trinajstić information content (AvgIpc) is 3.14. The Morgan fingerprint density at radius 1 is 1.03 bits per heavy atom. The fourth-order valence-corrected chi connectivity index (χ4v) is 4.00. The van der Waals surface area contributed by atoms with Crippen LogP contribution in [0.1, 0.15) is 74.2 Å². The van der Waals surface area contributed by atoms with Crippen molar-refractivity contribution in [3.63, 3.8) is 0 Å². The van der Waals surface area contributed by atoms with Gasteiger partial charge in [0.2, 0.25) is 0 Å². The van der Waals surface area contributed by atoms with Crippen molar-refractivity contribution in [1.82, 2.24) is 5.32 Å². The zero-order valence-electron chi connectivity index (χ0n) is 18.9. The van der Waals surface area contributed by atoms with Crippen LogP contribution in [0, 0.1) is 0 Å². The lowest BCUT2D eigenvalue weighted by molar-refractivity contribution is 0.0886. The number of unbranched alkanes of at least 4 members (excludes halogenated alkanes) is 2. The first kappa shape index (κ1) is 23.1. The first-order valence-electron chi connectivity index (χ1n) is 11.7. The van der Waals surface area contributed by atoms with Crippen LogP contribution < -0.4 is 20.5 Å². The summed E-state index contributed by atoms with van der Waals surface area (Å²) in [5.74, 6) is 1.34. The summed E-state index contributed by atoms with van der Waals surface area (Å²) in [6, 6.07) is 13.1. The number of hydrogen-bond donors (Lipinski definition) is 2. The van der Waals surface area contributed by atoms with Gasteiger partial charge >= 0.3 is 0 Å². The van der Waals surface area contributed by atoms with Gasteiger partial charge in [-0.05, 0) is 74.8 Å². The van der Waals surface area contributed by atoms with Crippen molar-refractivity contribution in [2.24, 2.45) is 0 Å². The molecule has 0 saturated carbocycles. The molecule has 1 aliphatic heterocycles. The van der Waals surface area contributed by atoms with E-state index in [-0.39, 0.29) is 17.8 Å². The summed E-state index contributed by atoms with van der Waals surface area (Å²) in [5, 5.41) is 3.41. The number of nitrogen functional groups attached to an aromatic ring is 1. The first-order valence-corrected chi connectivity index (χ1v) is 11.7. The lowest BCUT2D eigenvalue weighted by Crippen LogP contribution is -2.25. The molecule has 31 heavy (non-hydrogen) atoms. The number of ether oxygens (including phenoxy) is 2. The van der Waals surface area contributed by atoms with E-state index in [0.717, 1.165) is 55.8 Å². The second kappa shape index (κ2) is 11.8. The number of ketones is 1. The van der Waals surface area contributed by atoms with Gasteiger partial charge in [-0.1, -0.05) is 33.1 Å². The molecule has 5 nitrogen and oxygen atoms in total. The third kappa shape index (κ3) is 6.23. The molecule has 2 aromatic carbocycles. The Morgan fingerprint density at radius 3 is 2.52 bits per heavy atom. The van der Waals surface area contributed by atoms with Crippen LogP contribution in [0.25, 0.3) is 0 Å². The van der Waals surface area contributed by atoms with Gasteiger partial charge in [-0.15, -0.1) is 0 Å². The van der Waals surface area contributed by atoms with Crippen molar-refractivity contribution in [2.75, 3.05) is 25.4 Å². The highest BCUT2D eigenvalue weighted by Gasteiger charge is 2.39. The largest absolute Gasteiger partial charge is 0.494 e. The molecule has 5 heteroatoms. The Bertz CT molecular complexity index is 835. The number of nitrogens with two attached hydrogens (primary N) is 1. The number of rotatable bonds is 13. The minimum absolute atomic E-state index is 0.0807. The van der Waals surface area contributed by atoms with Crippen LogP contribution in [0.4, 0.5) is 5.69 Å². The summed E-state index contributed by atoms with van der Waals surface area (Å²) < 4.78 is 12.0. The van der Waals surface area contributed by atoms with Crippen LogP contribution in [0.3, 0.4) is 0 Å². The van der Waals surface area contributed by atoms with Crippen LogP contribution in [0.2, 0.25) is 0 Å². The molecular formula is C26H36N2O3. The number of fused-ring (bicyclic) bond motifs is 1. The van der Waals surface area contributed by atoms with Gasteiger partial charge in [0, 0.05) is 16.8 Å². The predicted molar refractivity (Wildman–Crippen MR) is 126 cm³/mol. The molecule has 168 valence electrons. The Balaban J connectivity index is 1.61. The van der Waals surface area contributed by atoms with Crippen LogP contribution in [0.5, 0.6) is 11.5 Å². The van der Waals surface area contributed by atoms with E-state index >= 15 is 0 Å². The van der Waals surface area contributed by atoms with E-state index in [0.29, 0.717) is 17.9 Å². The van der Waals surface area contributed by atoms with Gasteiger partial charge < -0.3 is 20.5 Å². The summed E-state index contributed by atoms with van der Waals surface area (Å²) in [5.41, 5.74) is 8.24. The van der Waals surface area contributed by atoms with E-state index in [2.05, 4.69) is 19.2 Å². The smallest absolute Gasteiger partial charge is 0.174 e. The van der Waals surface area contributed by atoms with Crippen LogP contribution in [0.15, 0.2) is 42.5 Å². The maximum atomic E-state index is 13.4. The molecule has 2 atom stereocenters. The van der Waals surface area contributed by atoms with E-state index < -0.39 is 0 Å². The molecule has 0 bridgehead atoms. The fourth-order valence-electron chi connectivity index (χ4n) is 4.00. The number of nitrogens with one attached hydrogen (secondary N) is 1. The Labute approximate surface area is 186 Å². The lowest BCUT2D eigenvalue weighted by atomic mass is 9.85. The van der Waals surface area contributed by atoms with Crippen molar-refractivity contribution < 1.29 is 14.3 Å². The number of Topliss-reactive ketones (excluding diaryl/α,β-unsaturated/α-hetero) is 1. The highest BCUT2D eigenvalue weighted by atomic mass is 16.5. The summed E-state index contributed by atoms with van der Waals surface area (Å²) in [7, 11) is 0. The number of carbonyl (C=O) groups is 1. The molecule has 1 aliphatic rings. The standard InChI is InChI=1S/C26H36N2O3/c1-3-5-8-24-25(22-18-20(27)11-14-23(22)31-24)26(29)19-9-12-21(13-10-19)30-17-7-16-28-15-6-4-2/h9-14,18,24-25,28H,3-8,15-17,27H2,1-2H3. The monoisotopic (exact) mass is 424 g/mol. The molecule has 0 radical (unpaired) electrons. The van der Waals surface area contributed by atoms with Gasteiger partial charge in [0.15, 0.2) is 5.78 Å². The maximum Gasteiger partial charge on any atom is 0.174 e. The van der Waals surface area contributed by atoms with E-state index in [1.165, 1.54) is 12.8 Å². The second-order valence-electron chi connectivity index (χ2n) is 8.27. The molecule has 3 N–H and O–H groups in total. The molecule has 0 amide bonds. The molecule has 0 aliphatic carbocycles. The van der Waals surface area contributed by atoms with Crippen LogP contribution in [-0.4, -0.2) is 31.6 Å². The average molecular weight is 425 g/mol. The van der Waals surface area contributed by atoms with Gasteiger partial charge in [0.05, 0.1) is 12.5 Å². The minimum Gasteiger partial charge on any atom is -0.494 e. The Hall–Kier alpha value is -2.53. The van der Waals surface area contributed by atoms with Gasteiger partial charge in [0.25, 0.3) is 0 Å². The van der Waals surface area contributed by atoms with E-state index in [1.54, 1.807) is 0 Å². The SMILES string of the molecule is CCCCNCCCOc1ccc(C(=O)C2c3cc(N)ccc3OC2CCCC)cc1. The molecular weight excluding hydrogens is 388 g/mol. The molecule has 3 rings (SSSR count). The van der Waals surface area contributed by atoms with E-state index in [9.17, 15) is 4.79 Å². The minimum atomic E-state index is -0.314. The van der Waals surface area contributed by atoms with Gasteiger partial charge in [-0.25, -0.2) is 0 Å². The summed E-state index contributed by atoms with van der Waals surface area (Å²) in [4.78, 5) is 13.4. The first-order chi connectivity index (χ1) is 15.1. The topological polar surface area (TPSA) is 73.6 Å². The van der Waals surface area contributed by atoms with Gasteiger partial charge in [-0.2, -0.15) is 0 Å². The molecule has 2 aromatic rings. The molecule has 0 aromatic heterocycles. The van der Waals surface area contributed by atoms with Crippen molar-refractivity contribution in [1.29, 1.82) is 0 Å². The highest BCUT2D eigenvalue weighted by Crippen LogP contribution is 2.42. The summed E-state index contributed by atoms with van der Waals surface area (Å²) in [6.45, 7) is 7.02. The molecule has 0 fully saturated rings. The second-order valence-corrected chi connectivity index (χ2v) is 8.27. The summed E-state index contributed by atoms with van der Waals surface area (Å²) >= 11 is 0. The normalized spacial score (nSPS) is 17.2.